The molecule has 0 N–H and O–H groups in total. The topological polar surface area (TPSA) is 43.9 Å². The van der Waals surface area contributed by atoms with Crippen LogP contribution in [0.15, 0.2) is 95.6 Å². The molecule has 0 amide bonds. The Labute approximate surface area is 177 Å². The van der Waals surface area contributed by atoms with Gasteiger partial charge in [0, 0.05) is 23.4 Å². The molecule has 0 fully saturated rings. The van der Waals surface area contributed by atoms with Gasteiger partial charge < -0.3 is 4.52 Å². The van der Waals surface area contributed by atoms with Gasteiger partial charge >= 0.3 is 0 Å². The van der Waals surface area contributed by atoms with Gasteiger partial charge in [0.15, 0.2) is 5.76 Å². The minimum Gasteiger partial charge on any atom is -0.356 e. The van der Waals surface area contributed by atoms with Crippen molar-refractivity contribution in [2.24, 2.45) is 0 Å². The van der Waals surface area contributed by atoms with E-state index in [1.165, 1.54) is 12.1 Å². The van der Waals surface area contributed by atoms with E-state index in [4.69, 9.17) is 21.2 Å². The standard InChI is InChI=1S/C24H15ClFN3O/c25-21-9-5-4-8-19(21)23-14-22(28-30-23)20-15-29(18-6-2-1-3-7-18)27-24(20)16-10-12-17(26)13-11-16/h1-15H. The van der Waals surface area contributed by atoms with Crippen LogP contribution in [0.4, 0.5) is 4.39 Å². The third-order valence-electron chi connectivity index (χ3n) is 4.78. The second-order valence-corrected chi connectivity index (χ2v) is 7.14. The Balaban J connectivity index is 1.65. The predicted octanol–water partition coefficient (Wildman–Crippen LogP) is 6.65. The van der Waals surface area contributed by atoms with Gasteiger partial charge in [-0.25, -0.2) is 9.07 Å². The molecule has 5 aromatic rings. The van der Waals surface area contributed by atoms with Gasteiger partial charge in [0.2, 0.25) is 0 Å². The summed E-state index contributed by atoms with van der Waals surface area (Å²) in [5.74, 6) is 0.262. The molecule has 6 heteroatoms. The molecular weight excluding hydrogens is 401 g/mol. The van der Waals surface area contributed by atoms with E-state index >= 15 is 0 Å². The van der Waals surface area contributed by atoms with E-state index in [0.717, 1.165) is 22.4 Å². The first kappa shape index (κ1) is 18.3. The minimum absolute atomic E-state index is 0.301. The largest absolute Gasteiger partial charge is 0.356 e. The average molecular weight is 416 g/mol. The molecule has 0 atom stereocenters. The lowest BCUT2D eigenvalue weighted by Crippen LogP contribution is -1.94. The van der Waals surface area contributed by atoms with Gasteiger partial charge in [-0.1, -0.05) is 47.1 Å². The van der Waals surface area contributed by atoms with E-state index in [9.17, 15) is 4.39 Å². The van der Waals surface area contributed by atoms with Crippen LogP contribution in [-0.2, 0) is 0 Å². The monoisotopic (exact) mass is 415 g/mol. The number of benzene rings is 3. The van der Waals surface area contributed by atoms with Gasteiger partial charge in [-0.3, -0.25) is 0 Å². The predicted molar refractivity (Wildman–Crippen MR) is 115 cm³/mol. The second-order valence-electron chi connectivity index (χ2n) is 6.73. The van der Waals surface area contributed by atoms with Crippen molar-refractivity contribution >= 4 is 11.6 Å². The summed E-state index contributed by atoms with van der Waals surface area (Å²) in [5.41, 5.74) is 4.51. The summed E-state index contributed by atoms with van der Waals surface area (Å²) >= 11 is 6.30. The summed E-state index contributed by atoms with van der Waals surface area (Å²) in [4.78, 5) is 0. The minimum atomic E-state index is -0.301. The van der Waals surface area contributed by atoms with Crippen LogP contribution < -0.4 is 0 Å². The van der Waals surface area contributed by atoms with Crippen molar-refractivity contribution in [3.8, 4) is 39.5 Å². The normalized spacial score (nSPS) is 11.0. The van der Waals surface area contributed by atoms with Gasteiger partial charge in [0.25, 0.3) is 0 Å². The fourth-order valence-electron chi connectivity index (χ4n) is 3.29. The molecule has 0 bridgehead atoms. The Hall–Kier alpha value is -3.70. The van der Waals surface area contributed by atoms with Crippen molar-refractivity contribution in [1.29, 1.82) is 0 Å². The summed E-state index contributed by atoms with van der Waals surface area (Å²) in [6.45, 7) is 0. The number of aromatic nitrogens is 3. The number of halogens is 2. The summed E-state index contributed by atoms with van der Waals surface area (Å²) in [6, 6.07) is 25.3. The summed E-state index contributed by atoms with van der Waals surface area (Å²) in [5, 5.41) is 9.58. The molecule has 0 saturated heterocycles. The molecule has 0 spiro atoms. The Morgan fingerprint density at radius 2 is 1.57 bits per heavy atom. The zero-order valence-electron chi connectivity index (χ0n) is 15.7. The van der Waals surface area contributed by atoms with Crippen LogP contribution in [0.3, 0.4) is 0 Å². The Morgan fingerprint density at radius 3 is 2.33 bits per heavy atom. The van der Waals surface area contributed by atoms with Crippen LogP contribution in [0.5, 0.6) is 0 Å². The molecular formula is C24H15ClFN3O. The van der Waals surface area contributed by atoms with Crippen LogP contribution >= 0.6 is 11.6 Å². The molecule has 0 aliphatic rings. The van der Waals surface area contributed by atoms with Gasteiger partial charge in [0.1, 0.15) is 17.2 Å². The Bertz CT molecular complexity index is 1310. The lowest BCUT2D eigenvalue weighted by molar-refractivity contribution is 0.435. The van der Waals surface area contributed by atoms with Crippen molar-refractivity contribution in [3.63, 3.8) is 0 Å². The summed E-state index contributed by atoms with van der Waals surface area (Å²) in [6.07, 6.45) is 1.89. The zero-order valence-corrected chi connectivity index (χ0v) is 16.4. The van der Waals surface area contributed by atoms with Crippen LogP contribution in [0.2, 0.25) is 5.02 Å². The molecule has 2 heterocycles. The quantitative estimate of drug-likeness (QED) is 0.330. The van der Waals surface area contributed by atoms with Crippen molar-refractivity contribution in [2.75, 3.05) is 0 Å². The molecule has 3 aromatic carbocycles. The Kier molecular flexibility index (Phi) is 4.65. The van der Waals surface area contributed by atoms with Crippen molar-refractivity contribution in [2.45, 2.75) is 0 Å². The molecule has 0 saturated carbocycles. The first-order valence-electron chi connectivity index (χ1n) is 9.32. The van der Waals surface area contributed by atoms with Gasteiger partial charge in [-0.05, 0) is 48.5 Å². The maximum Gasteiger partial charge on any atom is 0.168 e. The number of nitrogens with zero attached hydrogens (tertiary/aromatic N) is 3. The number of para-hydroxylation sites is 1. The molecule has 0 aliphatic heterocycles. The smallest absolute Gasteiger partial charge is 0.168 e. The highest BCUT2D eigenvalue weighted by Crippen LogP contribution is 2.35. The van der Waals surface area contributed by atoms with Crippen LogP contribution in [-0.4, -0.2) is 14.9 Å². The van der Waals surface area contributed by atoms with E-state index in [2.05, 4.69) is 5.16 Å². The van der Waals surface area contributed by atoms with E-state index in [1.54, 1.807) is 22.9 Å². The van der Waals surface area contributed by atoms with Crippen molar-refractivity contribution in [1.82, 2.24) is 14.9 Å². The first-order chi connectivity index (χ1) is 14.7. The third kappa shape index (κ3) is 3.40. The number of hydrogen-bond acceptors (Lipinski definition) is 3. The van der Waals surface area contributed by atoms with E-state index in [0.29, 0.717) is 22.2 Å². The maximum atomic E-state index is 13.5. The molecule has 0 aliphatic carbocycles. The number of hydrogen-bond donors (Lipinski definition) is 0. The van der Waals surface area contributed by atoms with Crippen LogP contribution in [0.25, 0.3) is 39.5 Å². The molecule has 146 valence electrons. The molecule has 5 rings (SSSR count). The van der Waals surface area contributed by atoms with Gasteiger partial charge in [-0.2, -0.15) is 5.10 Å². The molecule has 0 unspecified atom stereocenters. The zero-order chi connectivity index (χ0) is 20.5. The lowest BCUT2D eigenvalue weighted by atomic mass is 10.1. The highest BCUT2D eigenvalue weighted by atomic mass is 35.5. The van der Waals surface area contributed by atoms with Gasteiger partial charge in [-0.15, -0.1) is 0 Å². The number of rotatable bonds is 4. The lowest BCUT2D eigenvalue weighted by Gasteiger charge is -2.00. The first-order valence-corrected chi connectivity index (χ1v) is 9.70. The van der Waals surface area contributed by atoms with Crippen LogP contribution in [0.1, 0.15) is 0 Å². The van der Waals surface area contributed by atoms with Gasteiger partial charge in [0.05, 0.1) is 16.3 Å². The van der Waals surface area contributed by atoms with E-state index in [-0.39, 0.29) is 5.82 Å². The van der Waals surface area contributed by atoms with Crippen molar-refractivity contribution < 1.29 is 8.91 Å². The summed E-state index contributed by atoms with van der Waals surface area (Å²) in [7, 11) is 0. The fraction of sp³-hybridized carbons (Fsp3) is 0. The molecule has 2 aromatic heterocycles. The second kappa shape index (κ2) is 7.61. The molecule has 4 nitrogen and oxygen atoms in total. The summed E-state index contributed by atoms with van der Waals surface area (Å²) < 4.78 is 20.8. The third-order valence-corrected chi connectivity index (χ3v) is 5.11. The maximum absolute atomic E-state index is 13.5. The average Bonchev–Trinajstić information content (AvgIpc) is 3.43. The SMILES string of the molecule is Fc1ccc(-c2nn(-c3ccccc3)cc2-c2cc(-c3ccccc3Cl)on2)cc1. The molecule has 30 heavy (non-hydrogen) atoms. The fourth-order valence-corrected chi connectivity index (χ4v) is 3.51. The van der Waals surface area contributed by atoms with E-state index < -0.39 is 0 Å². The Morgan fingerprint density at radius 1 is 0.833 bits per heavy atom. The van der Waals surface area contributed by atoms with Crippen LogP contribution in [0, 0.1) is 5.82 Å². The highest BCUT2D eigenvalue weighted by Gasteiger charge is 2.19. The highest BCUT2D eigenvalue weighted by molar-refractivity contribution is 6.33. The molecule has 0 radical (unpaired) electrons. The van der Waals surface area contributed by atoms with Crippen molar-refractivity contribution in [3.05, 3.63) is 102 Å². The van der Waals surface area contributed by atoms with E-state index in [1.807, 2.05) is 60.8 Å².